The van der Waals surface area contributed by atoms with Crippen molar-refractivity contribution < 1.29 is 29.4 Å². The second-order valence-electron chi connectivity index (χ2n) is 8.07. The molecule has 2 aromatic carbocycles. The number of hydrogen-bond acceptors (Lipinski definition) is 9. The number of nitrogens with zero attached hydrogens (tertiary/aromatic N) is 3. The second-order valence-corrected chi connectivity index (χ2v) is 9.05. The summed E-state index contributed by atoms with van der Waals surface area (Å²) >= 11 is 1.59. The van der Waals surface area contributed by atoms with E-state index < -0.39 is 22.9 Å². The van der Waals surface area contributed by atoms with Crippen LogP contribution < -0.4 is 4.74 Å². The molecule has 0 fully saturated rings. The van der Waals surface area contributed by atoms with Gasteiger partial charge in [-0.3, -0.25) is 4.79 Å². The third kappa shape index (κ3) is 8.08. The maximum Gasteiger partial charge on any atom is 0.294 e. The molecule has 0 unspecified atom stereocenters. The summed E-state index contributed by atoms with van der Waals surface area (Å²) in [6.07, 6.45) is -0.375. The molecule has 3 aromatic rings. The lowest BCUT2D eigenvalue weighted by Gasteiger charge is -2.23. The molecule has 1 heterocycles. The van der Waals surface area contributed by atoms with Crippen LogP contribution in [0.1, 0.15) is 36.7 Å². The Morgan fingerprint density at radius 2 is 1.81 bits per heavy atom. The van der Waals surface area contributed by atoms with E-state index >= 15 is 0 Å². The Morgan fingerprint density at radius 3 is 2.53 bits per heavy atom. The number of ether oxygens (including phenoxy) is 1. The maximum absolute atomic E-state index is 12.6. The van der Waals surface area contributed by atoms with Crippen molar-refractivity contribution in [3.63, 3.8) is 0 Å². The van der Waals surface area contributed by atoms with E-state index in [9.17, 15) is 25.0 Å². The quantitative estimate of drug-likeness (QED) is 0.207. The summed E-state index contributed by atoms with van der Waals surface area (Å²) in [6.45, 7) is -0.141. The van der Waals surface area contributed by atoms with Gasteiger partial charge < -0.3 is 19.3 Å². The number of carbonyl (C=O) groups is 1. The Morgan fingerprint density at radius 1 is 1.03 bits per heavy atom. The number of hydrogen-bond donors (Lipinski definition) is 0. The van der Waals surface area contributed by atoms with Crippen molar-refractivity contribution >= 4 is 28.0 Å². The van der Waals surface area contributed by atoms with Gasteiger partial charge in [0.2, 0.25) is 5.91 Å². The molecule has 36 heavy (non-hydrogen) atoms. The SMILES string of the molecule is CN(CC[C@H](Oc1cccc2ccccc12)c1cccs1)C(=O)CCC[C@@H](CO[N+](=O)[O-])O[N+](=O)[O-]. The van der Waals surface area contributed by atoms with E-state index in [1.54, 1.807) is 23.3 Å². The molecular weight excluding hydrogens is 490 g/mol. The summed E-state index contributed by atoms with van der Waals surface area (Å²) in [5.74, 6) is 0.620. The molecule has 11 nitrogen and oxygen atoms in total. The molecule has 0 saturated heterocycles. The highest BCUT2D eigenvalue weighted by Gasteiger charge is 2.20. The highest BCUT2D eigenvalue weighted by Crippen LogP contribution is 2.33. The Balaban J connectivity index is 1.55. The van der Waals surface area contributed by atoms with Crippen LogP contribution in [-0.4, -0.2) is 47.3 Å². The van der Waals surface area contributed by atoms with Crippen molar-refractivity contribution in [2.45, 2.75) is 37.9 Å². The van der Waals surface area contributed by atoms with Crippen LogP contribution in [0.15, 0.2) is 60.0 Å². The zero-order valence-corrected chi connectivity index (χ0v) is 20.5. The van der Waals surface area contributed by atoms with Crippen LogP contribution in [0.5, 0.6) is 5.75 Å². The molecule has 0 aliphatic carbocycles. The third-order valence-electron chi connectivity index (χ3n) is 5.55. The van der Waals surface area contributed by atoms with Crippen molar-refractivity contribution in [1.82, 2.24) is 4.90 Å². The van der Waals surface area contributed by atoms with Crippen molar-refractivity contribution in [3.8, 4) is 5.75 Å². The lowest BCUT2D eigenvalue weighted by Crippen LogP contribution is -2.30. The van der Waals surface area contributed by atoms with Crippen LogP contribution >= 0.6 is 11.3 Å². The van der Waals surface area contributed by atoms with E-state index in [0.717, 1.165) is 21.4 Å². The fraction of sp³-hybridized carbons (Fsp3) is 0.375. The molecule has 192 valence electrons. The summed E-state index contributed by atoms with van der Waals surface area (Å²) in [5, 5.41) is 22.9. The predicted octanol–water partition coefficient (Wildman–Crippen LogP) is 4.83. The second kappa shape index (κ2) is 13.2. The Labute approximate surface area is 211 Å². The van der Waals surface area contributed by atoms with Crippen LogP contribution in [-0.2, 0) is 14.5 Å². The minimum absolute atomic E-state index is 0.0659. The monoisotopic (exact) mass is 517 g/mol. The zero-order chi connectivity index (χ0) is 25.9. The standard InChI is InChI=1S/C24H27N3O8S/c1-25(24(28)13-5-9-19(35-27(31)32)17-33-26(29)30)15-14-22(23-12-6-16-36-23)34-21-11-4-8-18-7-2-3-10-20(18)21/h2-4,6-8,10-12,16,19,22H,5,9,13-15,17H2,1H3/t19-,22-/m0/s1. The van der Waals surface area contributed by atoms with E-state index in [1.165, 1.54) is 0 Å². The highest BCUT2D eigenvalue weighted by atomic mass is 32.1. The molecule has 0 saturated carbocycles. The number of benzene rings is 2. The molecule has 0 aliphatic rings. The van der Waals surface area contributed by atoms with Gasteiger partial charge in [-0.1, -0.05) is 42.5 Å². The van der Waals surface area contributed by atoms with E-state index in [1.807, 2.05) is 60.0 Å². The van der Waals surface area contributed by atoms with Crippen molar-refractivity contribution in [3.05, 3.63) is 85.1 Å². The molecule has 12 heteroatoms. The van der Waals surface area contributed by atoms with Crippen molar-refractivity contribution in [1.29, 1.82) is 0 Å². The molecule has 0 radical (unpaired) electrons. The normalized spacial score (nSPS) is 12.5. The van der Waals surface area contributed by atoms with Gasteiger partial charge in [0.15, 0.2) is 0 Å². The van der Waals surface area contributed by atoms with Crippen LogP contribution in [0.25, 0.3) is 10.8 Å². The van der Waals surface area contributed by atoms with Crippen molar-refractivity contribution in [2.24, 2.45) is 0 Å². The molecular formula is C24H27N3O8S. The van der Waals surface area contributed by atoms with Gasteiger partial charge in [-0.15, -0.1) is 31.6 Å². The Hall–Kier alpha value is -3.93. The van der Waals surface area contributed by atoms with Gasteiger partial charge in [0, 0.05) is 36.7 Å². The summed E-state index contributed by atoms with van der Waals surface area (Å²) in [4.78, 5) is 44.8. The smallest absolute Gasteiger partial charge is 0.294 e. The van der Waals surface area contributed by atoms with E-state index in [2.05, 4.69) is 9.68 Å². The van der Waals surface area contributed by atoms with Gasteiger partial charge in [0.05, 0.1) is 0 Å². The predicted molar refractivity (Wildman–Crippen MR) is 133 cm³/mol. The average molecular weight is 518 g/mol. The Bertz CT molecular complexity index is 1150. The van der Waals surface area contributed by atoms with Gasteiger partial charge in [0.1, 0.15) is 24.6 Å². The van der Waals surface area contributed by atoms with Gasteiger partial charge in [-0.05, 0) is 35.7 Å². The fourth-order valence-corrected chi connectivity index (χ4v) is 4.51. The number of rotatable bonds is 15. The van der Waals surface area contributed by atoms with Crippen LogP contribution in [0, 0.1) is 20.2 Å². The van der Waals surface area contributed by atoms with Gasteiger partial charge >= 0.3 is 0 Å². The average Bonchev–Trinajstić information content (AvgIpc) is 3.39. The summed E-state index contributed by atoms with van der Waals surface area (Å²) in [5.41, 5.74) is 0. The third-order valence-corrected chi connectivity index (χ3v) is 6.51. The minimum atomic E-state index is -1.12. The summed E-state index contributed by atoms with van der Waals surface area (Å²) in [6, 6.07) is 17.9. The maximum atomic E-state index is 12.6. The Kier molecular flexibility index (Phi) is 9.81. The van der Waals surface area contributed by atoms with Crippen LogP contribution in [0.2, 0.25) is 0 Å². The summed E-state index contributed by atoms with van der Waals surface area (Å²) < 4.78 is 6.42. The van der Waals surface area contributed by atoms with E-state index in [-0.39, 0.29) is 31.3 Å². The summed E-state index contributed by atoms with van der Waals surface area (Å²) in [7, 11) is 1.69. The van der Waals surface area contributed by atoms with Crippen molar-refractivity contribution in [2.75, 3.05) is 20.2 Å². The van der Waals surface area contributed by atoms with Gasteiger partial charge in [-0.25, -0.2) is 0 Å². The molecule has 0 aliphatic heterocycles. The fourth-order valence-electron chi connectivity index (χ4n) is 3.73. The van der Waals surface area contributed by atoms with Crippen LogP contribution in [0.3, 0.4) is 0 Å². The first kappa shape index (κ1) is 26.7. The topological polar surface area (TPSA) is 134 Å². The first-order valence-electron chi connectivity index (χ1n) is 11.3. The largest absolute Gasteiger partial charge is 0.484 e. The minimum Gasteiger partial charge on any atom is -0.484 e. The lowest BCUT2D eigenvalue weighted by molar-refractivity contribution is -0.790. The number of fused-ring (bicyclic) bond motifs is 1. The first-order chi connectivity index (χ1) is 17.3. The molecule has 2 atom stereocenters. The molecule has 1 amide bonds. The molecule has 0 N–H and O–H groups in total. The molecule has 3 rings (SSSR count). The lowest BCUT2D eigenvalue weighted by atomic mass is 10.1. The highest BCUT2D eigenvalue weighted by molar-refractivity contribution is 7.10. The molecule has 0 bridgehead atoms. The van der Waals surface area contributed by atoms with Gasteiger partial charge in [-0.2, -0.15) is 0 Å². The molecule has 0 spiro atoms. The number of carbonyl (C=O) groups excluding carboxylic acids is 1. The number of amides is 1. The van der Waals surface area contributed by atoms with E-state index in [0.29, 0.717) is 13.0 Å². The zero-order valence-electron chi connectivity index (χ0n) is 19.7. The van der Waals surface area contributed by atoms with Gasteiger partial charge in [0.25, 0.3) is 10.2 Å². The molecule has 1 aromatic heterocycles. The first-order valence-corrected chi connectivity index (χ1v) is 12.2. The number of thiophene rings is 1. The van der Waals surface area contributed by atoms with E-state index in [4.69, 9.17) is 4.74 Å². The van der Waals surface area contributed by atoms with Crippen LogP contribution in [0.4, 0.5) is 0 Å².